The number of thiophene rings is 2. The molecule has 198 valence electrons. The molecule has 0 saturated carbocycles. The van der Waals surface area contributed by atoms with Gasteiger partial charge in [0.25, 0.3) is 0 Å². The van der Waals surface area contributed by atoms with Crippen LogP contribution in [0.5, 0.6) is 11.5 Å². The summed E-state index contributed by atoms with van der Waals surface area (Å²) in [4.78, 5) is 5.57. The number of unbranched alkanes of at least 4 members (excludes halogenated alkanes) is 6. The number of hydrogen-bond donors (Lipinski definition) is 0. The van der Waals surface area contributed by atoms with Crippen molar-refractivity contribution in [1.82, 2.24) is 0 Å². The lowest BCUT2D eigenvalue weighted by atomic mass is 10.0. The molecule has 2 aromatic heterocycles. The fourth-order valence-electron chi connectivity index (χ4n) is 4.57. The molecule has 0 atom stereocenters. The lowest BCUT2D eigenvalue weighted by molar-refractivity contribution is 0.290. The Hall–Kier alpha value is -1.78. The Morgan fingerprint density at radius 2 is 1.08 bits per heavy atom. The zero-order valence-corrected chi connectivity index (χ0v) is 25.5. The number of ether oxygens (including phenoxy) is 2. The Morgan fingerprint density at radius 3 is 1.64 bits per heavy atom. The van der Waals surface area contributed by atoms with Gasteiger partial charge < -0.3 is 9.47 Å². The Balaban J connectivity index is 1.96. The van der Waals surface area contributed by atoms with E-state index in [0.717, 1.165) is 37.6 Å². The highest BCUT2D eigenvalue weighted by Gasteiger charge is 2.22. The summed E-state index contributed by atoms with van der Waals surface area (Å²) in [5.41, 5.74) is 7.99. The smallest absolute Gasteiger partial charge is 0.131 e. The Morgan fingerprint density at radius 1 is 0.556 bits per heavy atom. The van der Waals surface area contributed by atoms with Gasteiger partial charge in [-0.25, -0.2) is 0 Å². The summed E-state index contributed by atoms with van der Waals surface area (Å²) in [6.45, 7) is 19.5. The highest BCUT2D eigenvalue weighted by molar-refractivity contribution is 7.24. The van der Waals surface area contributed by atoms with Gasteiger partial charge in [-0.3, -0.25) is 0 Å². The number of hydrogen-bond acceptors (Lipinski definition) is 4. The van der Waals surface area contributed by atoms with Gasteiger partial charge in [0.2, 0.25) is 0 Å². The van der Waals surface area contributed by atoms with Crippen LogP contribution in [0.1, 0.15) is 97.9 Å². The normalized spacial score (nSPS) is 11.3. The van der Waals surface area contributed by atoms with E-state index in [1.54, 1.807) is 0 Å². The van der Waals surface area contributed by atoms with Gasteiger partial charge in [-0.15, -0.1) is 22.7 Å². The Kier molecular flexibility index (Phi) is 10.9. The van der Waals surface area contributed by atoms with Crippen LogP contribution in [-0.2, 0) is 0 Å². The number of aryl methyl sites for hydroxylation is 2. The summed E-state index contributed by atoms with van der Waals surface area (Å²) < 4.78 is 12.7. The molecule has 0 bridgehead atoms. The summed E-state index contributed by atoms with van der Waals surface area (Å²) in [5, 5.41) is 0. The van der Waals surface area contributed by atoms with Crippen molar-refractivity contribution in [3.63, 3.8) is 0 Å². The molecule has 0 radical (unpaired) electrons. The van der Waals surface area contributed by atoms with E-state index in [1.165, 1.54) is 91.4 Å². The van der Waals surface area contributed by atoms with E-state index in [2.05, 4.69) is 67.5 Å². The van der Waals surface area contributed by atoms with Crippen LogP contribution in [0.15, 0.2) is 12.1 Å². The average molecular weight is 527 g/mol. The van der Waals surface area contributed by atoms with Gasteiger partial charge in [0.05, 0.1) is 13.2 Å². The maximum atomic E-state index is 6.46. The van der Waals surface area contributed by atoms with Crippen molar-refractivity contribution in [3.8, 4) is 31.7 Å². The average Bonchev–Trinajstić information content (AvgIpc) is 3.29. The molecule has 0 aliphatic rings. The Labute approximate surface area is 228 Å². The van der Waals surface area contributed by atoms with Gasteiger partial charge in [-0.1, -0.05) is 52.4 Å². The lowest BCUT2D eigenvalue weighted by Crippen LogP contribution is -2.03. The van der Waals surface area contributed by atoms with Gasteiger partial charge in [-0.05, 0) is 88.3 Å². The molecule has 0 aliphatic carbocycles. The minimum atomic E-state index is 0.755. The van der Waals surface area contributed by atoms with Gasteiger partial charge in [0.1, 0.15) is 11.5 Å². The van der Waals surface area contributed by atoms with Crippen molar-refractivity contribution < 1.29 is 9.47 Å². The molecule has 2 heterocycles. The number of rotatable bonds is 14. The first-order valence-corrected chi connectivity index (χ1v) is 15.5. The second-order valence-electron chi connectivity index (χ2n) is 10.2. The van der Waals surface area contributed by atoms with E-state index in [-0.39, 0.29) is 0 Å². The predicted molar refractivity (Wildman–Crippen MR) is 161 cm³/mol. The van der Waals surface area contributed by atoms with Gasteiger partial charge >= 0.3 is 0 Å². The van der Waals surface area contributed by atoms with Crippen LogP contribution in [0.25, 0.3) is 20.2 Å². The van der Waals surface area contributed by atoms with E-state index >= 15 is 0 Å². The molecule has 0 amide bonds. The van der Waals surface area contributed by atoms with Crippen LogP contribution in [0.3, 0.4) is 0 Å². The minimum Gasteiger partial charge on any atom is -0.493 e. The minimum absolute atomic E-state index is 0.755. The molecule has 4 heteroatoms. The largest absolute Gasteiger partial charge is 0.493 e. The lowest BCUT2D eigenvalue weighted by Gasteiger charge is -2.16. The summed E-state index contributed by atoms with van der Waals surface area (Å²) in [6, 6.07) is 4.45. The van der Waals surface area contributed by atoms with E-state index in [9.17, 15) is 0 Å². The van der Waals surface area contributed by atoms with Crippen LogP contribution in [0.2, 0.25) is 0 Å². The monoisotopic (exact) mass is 526 g/mol. The van der Waals surface area contributed by atoms with Gasteiger partial charge in [0.15, 0.2) is 0 Å². The van der Waals surface area contributed by atoms with Gasteiger partial charge in [-0.2, -0.15) is 0 Å². The van der Waals surface area contributed by atoms with E-state index < -0.39 is 0 Å². The molecule has 0 N–H and O–H groups in total. The highest BCUT2D eigenvalue weighted by atomic mass is 32.1. The van der Waals surface area contributed by atoms with Crippen LogP contribution >= 0.6 is 22.7 Å². The van der Waals surface area contributed by atoms with Crippen LogP contribution < -0.4 is 9.47 Å². The first-order valence-electron chi connectivity index (χ1n) is 13.9. The maximum Gasteiger partial charge on any atom is 0.131 e. The second-order valence-corrected chi connectivity index (χ2v) is 12.4. The third-order valence-electron chi connectivity index (χ3n) is 7.37. The zero-order chi connectivity index (χ0) is 26.2. The van der Waals surface area contributed by atoms with E-state index in [1.807, 2.05) is 22.7 Å². The van der Waals surface area contributed by atoms with E-state index in [0.29, 0.717) is 0 Å². The molecule has 0 saturated heterocycles. The van der Waals surface area contributed by atoms with Crippen molar-refractivity contribution in [2.45, 2.75) is 107 Å². The summed E-state index contributed by atoms with van der Waals surface area (Å²) in [6.07, 6.45) is 9.67. The molecule has 36 heavy (non-hydrogen) atoms. The van der Waals surface area contributed by atoms with Crippen molar-refractivity contribution in [1.29, 1.82) is 0 Å². The first kappa shape index (κ1) is 28.8. The molecule has 1 aromatic carbocycles. The van der Waals surface area contributed by atoms with Crippen molar-refractivity contribution in [2.24, 2.45) is 0 Å². The first-order chi connectivity index (χ1) is 17.3. The topological polar surface area (TPSA) is 18.5 Å². The molecule has 0 spiro atoms. The molecule has 3 aromatic rings. The summed E-state index contributed by atoms with van der Waals surface area (Å²) >= 11 is 3.85. The molecule has 0 unspecified atom stereocenters. The third kappa shape index (κ3) is 6.75. The summed E-state index contributed by atoms with van der Waals surface area (Å²) in [5.74, 6) is 1.93. The van der Waals surface area contributed by atoms with E-state index in [4.69, 9.17) is 9.47 Å². The Bertz CT molecular complexity index is 1140. The zero-order valence-electron chi connectivity index (χ0n) is 23.9. The fourth-order valence-corrected chi connectivity index (χ4v) is 7.32. The SMILES string of the molecule is CCCCCCOc1cc(OCCCCCC)c(-c2sc(-c3sc(C)c(C)c3C)c(C)c2C)cc1C. The molecule has 3 rings (SSSR count). The van der Waals surface area contributed by atoms with Crippen molar-refractivity contribution in [2.75, 3.05) is 13.2 Å². The molecule has 2 nitrogen and oxygen atoms in total. The number of benzene rings is 1. The standard InChI is InChI=1S/C32H46O2S2/c1-9-11-13-15-17-33-28-20-29(34-18-16-14-12-10-2)27(19-21(28)3)30-24(6)25(7)32(36-30)31-23(5)22(4)26(8)35-31/h19-20H,9-18H2,1-8H3. The molecule has 0 aliphatic heterocycles. The highest BCUT2D eigenvalue weighted by Crippen LogP contribution is 2.49. The molecular weight excluding hydrogens is 480 g/mol. The van der Waals surface area contributed by atoms with Gasteiger partial charge in [0, 0.05) is 31.1 Å². The van der Waals surface area contributed by atoms with Crippen molar-refractivity contribution in [3.05, 3.63) is 44.8 Å². The molecule has 0 fully saturated rings. The molecular formula is C32H46O2S2. The third-order valence-corrected chi connectivity index (χ3v) is 10.3. The van der Waals surface area contributed by atoms with Crippen molar-refractivity contribution >= 4 is 22.7 Å². The fraction of sp³-hybridized carbons (Fsp3) is 0.562. The van der Waals surface area contributed by atoms with Crippen LogP contribution in [0.4, 0.5) is 0 Å². The van der Waals surface area contributed by atoms with Crippen LogP contribution in [0, 0.1) is 41.5 Å². The summed E-state index contributed by atoms with van der Waals surface area (Å²) in [7, 11) is 0. The second kappa shape index (κ2) is 13.7. The van der Waals surface area contributed by atoms with Crippen LogP contribution in [-0.4, -0.2) is 13.2 Å². The maximum absolute atomic E-state index is 6.46. The quantitative estimate of drug-likeness (QED) is 0.194. The predicted octanol–water partition coefficient (Wildman–Crippen LogP) is 10.9.